The minimum Gasteiger partial charge on any atom is -0.312 e. The molecule has 1 N–H and O–H groups in total. The molecule has 0 saturated heterocycles. The van der Waals surface area contributed by atoms with E-state index in [2.05, 4.69) is 32.3 Å². The second-order valence-electron chi connectivity index (χ2n) is 4.89. The second-order valence-corrected chi connectivity index (χ2v) is 7.38. The highest BCUT2D eigenvalue weighted by Gasteiger charge is 2.24. The number of fused-ring (bicyclic) bond motifs is 1. The van der Waals surface area contributed by atoms with Crippen molar-refractivity contribution in [3.8, 4) is 10.6 Å². The van der Waals surface area contributed by atoms with Crippen LogP contribution in [0.25, 0.3) is 10.6 Å². The fourth-order valence-electron chi connectivity index (χ4n) is 2.65. The number of hydrogen-bond donors (Lipinski definition) is 1. The Labute approximate surface area is 116 Å². The summed E-state index contributed by atoms with van der Waals surface area (Å²) in [5.41, 5.74) is 2.66. The zero-order valence-electron chi connectivity index (χ0n) is 11.0. The first-order valence-electron chi connectivity index (χ1n) is 6.43. The Morgan fingerprint density at radius 1 is 1.33 bits per heavy atom. The third-order valence-electron chi connectivity index (χ3n) is 3.57. The van der Waals surface area contributed by atoms with Crippen LogP contribution in [0.5, 0.6) is 0 Å². The molecule has 4 heteroatoms. The van der Waals surface area contributed by atoms with Gasteiger partial charge < -0.3 is 5.32 Å². The summed E-state index contributed by atoms with van der Waals surface area (Å²) in [6.07, 6.45) is 3.64. The summed E-state index contributed by atoms with van der Waals surface area (Å²) in [6.45, 7) is 4.37. The molecule has 0 saturated carbocycles. The predicted octanol–water partition coefficient (Wildman–Crippen LogP) is 4.09. The Balaban J connectivity index is 2.05. The first-order chi connectivity index (χ1) is 8.69. The molecule has 2 heterocycles. The van der Waals surface area contributed by atoms with Gasteiger partial charge in [-0.2, -0.15) is 0 Å². The van der Waals surface area contributed by atoms with E-state index in [4.69, 9.17) is 4.98 Å². The minimum atomic E-state index is 0.514. The fourth-order valence-corrected chi connectivity index (χ4v) is 4.97. The maximum absolute atomic E-state index is 4.88. The van der Waals surface area contributed by atoms with Crippen LogP contribution in [0.3, 0.4) is 0 Å². The van der Waals surface area contributed by atoms with Crippen LogP contribution in [0.4, 0.5) is 0 Å². The smallest absolute Gasteiger partial charge is 0.125 e. The normalized spacial score (nSPS) is 18.9. The molecule has 0 bridgehead atoms. The molecule has 0 amide bonds. The standard InChI is InChI=1S/C14H18N2S2/c1-8-7-10(9(2)17-8)14-16-12-6-4-5-11(15-3)13(12)18-14/h7,11,15H,4-6H2,1-3H3. The number of thiazole rings is 1. The first-order valence-corrected chi connectivity index (χ1v) is 8.06. The summed E-state index contributed by atoms with van der Waals surface area (Å²) in [7, 11) is 2.05. The molecule has 0 aliphatic heterocycles. The van der Waals surface area contributed by atoms with Gasteiger partial charge in [-0.1, -0.05) is 0 Å². The SMILES string of the molecule is CNC1CCCc2nc(-c3cc(C)sc3C)sc21. The molecule has 18 heavy (non-hydrogen) atoms. The van der Waals surface area contributed by atoms with E-state index in [1.54, 1.807) is 0 Å². The highest BCUT2D eigenvalue weighted by atomic mass is 32.1. The van der Waals surface area contributed by atoms with Crippen LogP contribution in [0.1, 0.15) is 39.2 Å². The monoisotopic (exact) mass is 278 g/mol. The van der Waals surface area contributed by atoms with Gasteiger partial charge in [0.1, 0.15) is 5.01 Å². The van der Waals surface area contributed by atoms with Crippen molar-refractivity contribution in [3.63, 3.8) is 0 Å². The molecule has 2 aromatic rings. The molecule has 96 valence electrons. The van der Waals surface area contributed by atoms with E-state index in [0.717, 1.165) is 6.42 Å². The van der Waals surface area contributed by atoms with Gasteiger partial charge in [0.15, 0.2) is 0 Å². The first kappa shape index (κ1) is 12.3. The Morgan fingerprint density at radius 2 is 2.17 bits per heavy atom. The van der Waals surface area contributed by atoms with Crippen LogP contribution in [-0.2, 0) is 6.42 Å². The lowest BCUT2D eigenvalue weighted by molar-refractivity contribution is 0.501. The van der Waals surface area contributed by atoms with Crippen molar-refractivity contribution >= 4 is 22.7 Å². The van der Waals surface area contributed by atoms with Crippen LogP contribution in [0.2, 0.25) is 0 Å². The number of hydrogen-bond acceptors (Lipinski definition) is 4. The molecule has 1 unspecified atom stereocenters. The maximum Gasteiger partial charge on any atom is 0.125 e. The van der Waals surface area contributed by atoms with Crippen LogP contribution in [0.15, 0.2) is 6.07 Å². The van der Waals surface area contributed by atoms with E-state index in [-0.39, 0.29) is 0 Å². The third-order valence-corrected chi connectivity index (χ3v) is 5.78. The lowest BCUT2D eigenvalue weighted by Crippen LogP contribution is -2.19. The van der Waals surface area contributed by atoms with E-state index in [0.29, 0.717) is 6.04 Å². The van der Waals surface area contributed by atoms with Crippen molar-refractivity contribution in [1.29, 1.82) is 0 Å². The second kappa shape index (κ2) is 4.76. The number of aromatic nitrogens is 1. The molecule has 3 rings (SSSR count). The van der Waals surface area contributed by atoms with E-state index in [9.17, 15) is 0 Å². The van der Waals surface area contributed by atoms with Crippen molar-refractivity contribution in [2.45, 2.75) is 39.2 Å². The Hall–Kier alpha value is -0.710. The van der Waals surface area contributed by atoms with Gasteiger partial charge >= 0.3 is 0 Å². The number of aryl methyl sites for hydroxylation is 3. The van der Waals surface area contributed by atoms with Gasteiger partial charge in [-0.05, 0) is 46.2 Å². The molecule has 0 aromatic carbocycles. The van der Waals surface area contributed by atoms with E-state index >= 15 is 0 Å². The van der Waals surface area contributed by atoms with Gasteiger partial charge in [-0.3, -0.25) is 0 Å². The van der Waals surface area contributed by atoms with Gasteiger partial charge in [0.2, 0.25) is 0 Å². The van der Waals surface area contributed by atoms with Gasteiger partial charge in [0, 0.05) is 26.2 Å². The number of nitrogens with zero attached hydrogens (tertiary/aromatic N) is 1. The molecule has 0 fully saturated rings. The van der Waals surface area contributed by atoms with Crippen molar-refractivity contribution in [3.05, 3.63) is 26.4 Å². The lowest BCUT2D eigenvalue weighted by atomic mass is 9.98. The van der Waals surface area contributed by atoms with Gasteiger partial charge in [0.25, 0.3) is 0 Å². The largest absolute Gasteiger partial charge is 0.312 e. The summed E-state index contributed by atoms with van der Waals surface area (Å²) in [4.78, 5) is 9.10. The zero-order valence-corrected chi connectivity index (χ0v) is 12.7. The molecular weight excluding hydrogens is 260 g/mol. The highest BCUT2D eigenvalue weighted by Crippen LogP contribution is 2.40. The Bertz CT molecular complexity index is 568. The summed E-state index contributed by atoms with van der Waals surface area (Å²) in [5.74, 6) is 0. The third kappa shape index (κ3) is 2.02. The van der Waals surface area contributed by atoms with Gasteiger partial charge in [-0.15, -0.1) is 22.7 Å². The van der Waals surface area contributed by atoms with Crippen LogP contribution in [-0.4, -0.2) is 12.0 Å². The highest BCUT2D eigenvalue weighted by molar-refractivity contribution is 7.16. The van der Waals surface area contributed by atoms with Crippen LogP contribution < -0.4 is 5.32 Å². The summed E-state index contributed by atoms with van der Waals surface area (Å²) >= 11 is 3.75. The van der Waals surface area contributed by atoms with E-state index in [1.807, 2.05) is 22.7 Å². The van der Waals surface area contributed by atoms with Crippen molar-refractivity contribution in [2.75, 3.05) is 7.05 Å². The number of nitrogens with one attached hydrogen (secondary N) is 1. The summed E-state index contributed by atoms with van der Waals surface area (Å²) in [6, 6.07) is 2.79. The molecule has 2 aromatic heterocycles. The predicted molar refractivity (Wildman–Crippen MR) is 79.6 cm³/mol. The van der Waals surface area contributed by atoms with Gasteiger partial charge in [-0.25, -0.2) is 4.98 Å². The average Bonchev–Trinajstić information content (AvgIpc) is 2.91. The van der Waals surface area contributed by atoms with Gasteiger partial charge in [0.05, 0.1) is 5.69 Å². The summed E-state index contributed by atoms with van der Waals surface area (Å²) in [5, 5.41) is 4.63. The van der Waals surface area contributed by atoms with E-state index in [1.165, 1.54) is 43.7 Å². The molecular formula is C14H18N2S2. The van der Waals surface area contributed by atoms with Crippen molar-refractivity contribution < 1.29 is 0 Å². The molecule has 0 spiro atoms. The lowest BCUT2D eigenvalue weighted by Gasteiger charge is -2.19. The summed E-state index contributed by atoms with van der Waals surface area (Å²) < 4.78 is 0. The van der Waals surface area contributed by atoms with Crippen molar-refractivity contribution in [1.82, 2.24) is 10.3 Å². The Morgan fingerprint density at radius 3 is 2.83 bits per heavy atom. The molecule has 1 atom stereocenters. The molecule has 1 aliphatic rings. The Kier molecular flexibility index (Phi) is 3.26. The quantitative estimate of drug-likeness (QED) is 0.895. The minimum absolute atomic E-state index is 0.514. The molecule has 0 radical (unpaired) electrons. The van der Waals surface area contributed by atoms with Crippen molar-refractivity contribution in [2.24, 2.45) is 0 Å². The number of rotatable bonds is 2. The van der Waals surface area contributed by atoms with Crippen LogP contribution >= 0.6 is 22.7 Å². The molecule has 1 aliphatic carbocycles. The average molecular weight is 278 g/mol. The maximum atomic E-state index is 4.88. The topological polar surface area (TPSA) is 24.9 Å². The van der Waals surface area contributed by atoms with E-state index < -0.39 is 0 Å². The van der Waals surface area contributed by atoms with Crippen LogP contribution in [0, 0.1) is 13.8 Å². The fraction of sp³-hybridized carbons (Fsp3) is 0.500. The zero-order chi connectivity index (χ0) is 12.7. The number of thiophene rings is 1. The molecule has 2 nitrogen and oxygen atoms in total.